The molecule has 0 heterocycles. The Balaban J connectivity index is 2.04. The molecule has 2 rings (SSSR count). The molecule has 0 bridgehead atoms. The Labute approximate surface area is 105 Å². The van der Waals surface area contributed by atoms with Gasteiger partial charge in [-0.15, -0.1) is 11.8 Å². The molecule has 0 radical (unpaired) electrons. The van der Waals surface area contributed by atoms with E-state index in [1.165, 1.54) is 16.0 Å². The molecule has 2 aromatic rings. The first-order valence-corrected chi connectivity index (χ1v) is 6.40. The number of aryl methyl sites for hydroxylation is 1. The maximum absolute atomic E-state index is 9.20. The summed E-state index contributed by atoms with van der Waals surface area (Å²) in [4.78, 5) is 1.24. The van der Waals surface area contributed by atoms with E-state index >= 15 is 0 Å². The van der Waals surface area contributed by atoms with Crippen molar-refractivity contribution in [3.63, 3.8) is 0 Å². The number of thioether (sulfide) groups is 1. The Hall–Kier alpha value is -1.61. The summed E-state index contributed by atoms with van der Waals surface area (Å²) in [6.45, 7) is 2.06. The smallest absolute Gasteiger partial charge is 0.115 e. The van der Waals surface area contributed by atoms with Crippen molar-refractivity contribution in [2.24, 2.45) is 0 Å². The van der Waals surface area contributed by atoms with Crippen LogP contribution < -0.4 is 5.73 Å². The van der Waals surface area contributed by atoms with E-state index < -0.39 is 0 Å². The second kappa shape index (κ2) is 5.15. The first kappa shape index (κ1) is 11.9. The van der Waals surface area contributed by atoms with Crippen molar-refractivity contribution < 1.29 is 5.11 Å². The number of hydrogen-bond donors (Lipinski definition) is 2. The molecule has 2 aromatic carbocycles. The quantitative estimate of drug-likeness (QED) is 0.642. The Morgan fingerprint density at radius 3 is 2.47 bits per heavy atom. The fraction of sp³-hybridized carbons (Fsp3) is 0.143. The van der Waals surface area contributed by atoms with Crippen molar-refractivity contribution in [2.45, 2.75) is 17.6 Å². The summed E-state index contributed by atoms with van der Waals surface area (Å²) >= 11 is 1.78. The van der Waals surface area contributed by atoms with Crippen LogP contribution in [0.15, 0.2) is 47.4 Å². The minimum absolute atomic E-state index is 0.308. The summed E-state index contributed by atoms with van der Waals surface area (Å²) in [5.74, 6) is 1.20. The molecule has 0 aliphatic heterocycles. The van der Waals surface area contributed by atoms with E-state index in [1.54, 1.807) is 23.9 Å². The van der Waals surface area contributed by atoms with Gasteiger partial charge in [0.05, 0.1) is 0 Å². The predicted molar refractivity (Wildman–Crippen MR) is 73.3 cm³/mol. The second-order valence-corrected chi connectivity index (χ2v) is 5.00. The topological polar surface area (TPSA) is 46.2 Å². The SMILES string of the molecule is Cc1cc(N)ccc1SCc1ccc(O)cc1. The average molecular weight is 245 g/mol. The van der Waals surface area contributed by atoms with Crippen LogP contribution in [0.1, 0.15) is 11.1 Å². The number of nitrogen functional groups attached to an aromatic ring is 1. The van der Waals surface area contributed by atoms with Crippen molar-refractivity contribution in [2.75, 3.05) is 5.73 Å². The van der Waals surface area contributed by atoms with E-state index in [2.05, 4.69) is 13.0 Å². The van der Waals surface area contributed by atoms with Gasteiger partial charge in [-0.1, -0.05) is 12.1 Å². The molecule has 3 N–H and O–H groups in total. The van der Waals surface area contributed by atoms with Crippen LogP contribution in [0.5, 0.6) is 5.75 Å². The van der Waals surface area contributed by atoms with Crippen LogP contribution >= 0.6 is 11.8 Å². The zero-order valence-corrected chi connectivity index (χ0v) is 10.5. The lowest BCUT2D eigenvalue weighted by Crippen LogP contribution is -1.87. The van der Waals surface area contributed by atoms with Gasteiger partial charge in [0.15, 0.2) is 0 Å². The first-order valence-electron chi connectivity index (χ1n) is 5.42. The van der Waals surface area contributed by atoms with E-state index in [-0.39, 0.29) is 0 Å². The van der Waals surface area contributed by atoms with Gasteiger partial charge in [-0.2, -0.15) is 0 Å². The lowest BCUT2D eigenvalue weighted by molar-refractivity contribution is 0.475. The van der Waals surface area contributed by atoms with Crippen LogP contribution in [0.3, 0.4) is 0 Å². The van der Waals surface area contributed by atoms with Crippen LogP contribution in [-0.4, -0.2) is 5.11 Å². The second-order valence-electron chi connectivity index (χ2n) is 3.98. The van der Waals surface area contributed by atoms with Gasteiger partial charge < -0.3 is 10.8 Å². The molecule has 0 amide bonds. The zero-order chi connectivity index (χ0) is 12.3. The van der Waals surface area contributed by atoms with Gasteiger partial charge >= 0.3 is 0 Å². The third kappa shape index (κ3) is 3.17. The number of phenolic OH excluding ortho intramolecular Hbond substituents is 1. The molecular weight excluding hydrogens is 230 g/mol. The molecule has 0 saturated carbocycles. The van der Waals surface area contributed by atoms with Crippen LogP contribution in [-0.2, 0) is 5.75 Å². The Morgan fingerprint density at radius 1 is 1.12 bits per heavy atom. The zero-order valence-electron chi connectivity index (χ0n) is 9.68. The summed E-state index contributed by atoms with van der Waals surface area (Å²) in [6, 6.07) is 13.3. The van der Waals surface area contributed by atoms with Gasteiger partial charge in [-0.05, 0) is 48.4 Å². The fourth-order valence-corrected chi connectivity index (χ4v) is 2.55. The average Bonchev–Trinajstić information content (AvgIpc) is 2.30. The van der Waals surface area contributed by atoms with Crippen LogP contribution in [0, 0.1) is 6.92 Å². The largest absolute Gasteiger partial charge is 0.508 e. The molecule has 3 heteroatoms. The number of hydrogen-bond acceptors (Lipinski definition) is 3. The lowest BCUT2D eigenvalue weighted by Gasteiger charge is -2.06. The lowest BCUT2D eigenvalue weighted by atomic mass is 10.2. The minimum atomic E-state index is 0.308. The molecule has 2 nitrogen and oxygen atoms in total. The van der Waals surface area contributed by atoms with E-state index in [1.807, 2.05) is 24.3 Å². The number of phenols is 1. The third-order valence-electron chi connectivity index (χ3n) is 2.53. The summed E-state index contributed by atoms with van der Waals surface area (Å²) in [6.07, 6.45) is 0. The highest BCUT2D eigenvalue weighted by Crippen LogP contribution is 2.27. The first-order chi connectivity index (χ1) is 8.15. The molecule has 0 saturated heterocycles. The van der Waals surface area contributed by atoms with Crippen molar-refractivity contribution in [1.82, 2.24) is 0 Å². The number of aromatic hydroxyl groups is 1. The molecular formula is C14H15NOS. The van der Waals surface area contributed by atoms with E-state index in [4.69, 9.17) is 5.73 Å². The van der Waals surface area contributed by atoms with E-state index in [9.17, 15) is 5.11 Å². The highest BCUT2D eigenvalue weighted by Gasteiger charge is 2.00. The molecule has 0 aliphatic carbocycles. The molecule has 0 aromatic heterocycles. The van der Waals surface area contributed by atoms with Gasteiger partial charge in [0, 0.05) is 16.3 Å². The van der Waals surface area contributed by atoms with Gasteiger partial charge in [0.25, 0.3) is 0 Å². The highest BCUT2D eigenvalue weighted by atomic mass is 32.2. The predicted octanol–water partition coefficient (Wildman–Crippen LogP) is 3.58. The number of anilines is 1. The standard InChI is InChI=1S/C14H15NOS/c1-10-8-12(15)4-7-14(10)17-9-11-2-5-13(16)6-3-11/h2-8,16H,9,15H2,1H3. The molecule has 17 heavy (non-hydrogen) atoms. The van der Waals surface area contributed by atoms with Gasteiger partial charge in [-0.25, -0.2) is 0 Å². The van der Waals surface area contributed by atoms with Crippen molar-refractivity contribution in [3.8, 4) is 5.75 Å². The number of nitrogens with two attached hydrogens (primary N) is 1. The molecule has 0 spiro atoms. The highest BCUT2D eigenvalue weighted by molar-refractivity contribution is 7.98. The van der Waals surface area contributed by atoms with E-state index in [0.717, 1.165) is 11.4 Å². The third-order valence-corrected chi connectivity index (χ3v) is 3.78. The van der Waals surface area contributed by atoms with Crippen molar-refractivity contribution in [3.05, 3.63) is 53.6 Å². The van der Waals surface area contributed by atoms with E-state index in [0.29, 0.717) is 5.75 Å². The molecule has 0 atom stereocenters. The summed E-state index contributed by atoms with van der Waals surface area (Å²) in [5, 5.41) is 9.20. The monoisotopic (exact) mass is 245 g/mol. The Bertz CT molecular complexity index is 508. The molecule has 0 unspecified atom stereocenters. The maximum Gasteiger partial charge on any atom is 0.115 e. The Morgan fingerprint density at radius 2 is 1.82 bits per heavy atom. The minimum Gasteiger partial charge on any atom is -0.508 e. The number of benzene rings is 2. The molecule has 0 fully saturated rings. The number of rotatable bonds is 3. The summed E-state index contributed by atoms with van der Waals surface area (Å²) in [5.41, 5.74) is 8.92. The fourth-order valence-electron chi connectivity index (χ4n) is 1.59. The van der Waals surface area contributed by atoms with Gasteiger partial charge in [0.2, 0.25) is 0 Å². The van der Waals surface area contributed by atoms with Gasteiger partial charge in [-0.3, -0.25) is 0 Å². The molecule has 0 aliphatic rings. The van der Waals surface area contributed by atoms with Crippen LogP contribution in [0.25, 0.3) is 0 Å². The summed E-state index contributed by atoms with van der Waals surface area (Å²) in [7, 11) is 0. The summed E-state index contributed by atoms with van der Waals surface area (Å²) < 4.78 is 0. The maximum atomic E-state index is 9.20. The van der Waals surface area contributed by atoms with Crippen molar-refractivity contribution >= 4 is 17.4 Å². The Kier molecular flexibility index (Phi) is 3.59. The van der Waals surface area contributed by atoms with Crippen LogP contribution in [0.4, 0.5) is 5.69 Å². The van der Waals surface area contributed by atoms with Gasteiger partial charge in [0.1, 0.15) is 5.75 Å². The molecule has 88 valence electrons. The normalized spacial score (nSPS) is 10.4. The van der Waals surface area contributed by atoms with Crippen molar-refractivity contribution in [1.29, 1.82) is 0 Å². The van der Waals surface area contributed by atoms with Crippen LogP contribution in [0.2, 0.25) is 0 Å².